The molecule has 1 aromatic rings. The van der Waals surface area contributed by atoms with Crippen molar-refractivity contribution in [2.24, 2.45) is 0 Å². The average molecular weight is 290 g/mol. The molecule has 21 heavy (non-hydrogen) atoms. The molecule has 0 radical (unpaired) electrons. The van der Waals surface area contributed by atoms with Gasteiger partial charge in [0.25, 0.3) is 0 Å². The van der Waals surface area contributed by atoms with E-state index in [0.717, 1.165) is 26.1 Å². The van der Waals surface area contributed by atoms with Gasteiger partial charge in [0.1, 0.15) is 5.75 Å². The summed E-state index contributed by atoms with van der Waals surface area (Å²) in [6.07, 6.45) is 3.94. The van der Waals surface area contributed by atoms with Crippen LogP contribution in [0.25, 0.3) is 0 Å². The van der Waals surface area contributed by atoms with Gasteiger partial charge in [-0.25, -0.2) is 0 Å². The zero-order valence-corrected chi connectivity index (χ0v) is 12.8. The minimum atomic E-state index is 0.297. The van der Waals surface area contributed by atoms with Crippen molar-refractivity contribution in [1.82, 2.24) is 10.2 Å². The molecule has 3 rings (SSSR count). The number of nitrogens with zero attached hydrogens (tertiary/aromatic N) is 1. The maximum absolute atomic E-state index is 9.39. The largest absolute Gasteiger partial charge is 0.508 e. The third-order valence-corrected chi connectivity index (χ3v) is 4.76. The van der Waals surface area contributed by atoms with Gasteiger partial charge in [-0.3, -0.25) is 4.90 Å². The van der Waals surface area contributed by atoms with Crippen LogP contribution in [0, 0.1) is 0 Å². The van der Waals surface area contributed by atoms with E-state index in [9.17, 15) is 5.11 Å². The monoisotopic (exact) mass is 290 g/mol. The first-order valence-electron chi connectivity index (χ1n) is 8.14. The second kappa shape index (κ2) is 6.77. The number of benzene rings is 1. The number of fused-ring (bicyclic) bond motifs is 1. The predicted molar refractivity (Wildman–Crippen MR) is 83.5 cm³/mol. The van der Waals surface area contributed by atoms with E-state index in [1.54, 1.807) is 12.1 Å². The van der Waals surface area contributed by atoms with E-state index >= 15 is 0 Å². The van der Waals surface area contributed by atoms with Gasteiger partial charge in [0.2, 0.25) is 0 Å². The molecule has 3 unspecified atom stereocenters. The van der Waals surface area contributed by atoms with Crippen LogP contribution < -0.4 is 5.32 Å². The molecule has 116 valence electrons. The van der Waals surface area contributed by atoms with Gasteiger partial charge in [-0.15, -0.1) is 0 Å². The van der Waals surface area contributed by atoms with Crippen molar-refractivity contribution >= 4 is 0 Å². The molecule has 4 nitrogen and oxygen atoms in total. The van der Waals surface area contributed by atoms with Crippen LogP contribution in [-0.2, 0) is 4.74 Å². The third kappa shape index (κ3) is 3.57. The fourth-order valence-corrected chi connectivity index (χ4v) is 3.49. The van der Waals surface area contributed by atoms with Crippen molar-refractivity contribution in [1.29, 1.82) is 0 Å². The van der Waals surface area contributed by atoms with Crippen LogP contribution in [0.1, 0.15) is 37.8 Å². The van der Waals surface area contributed by atoms with E-state index in [2.05, 4.69) is 17.1 Å². The second-order valence-corrected chi connectivity index (χ2v) is 6.21. The SMILES string of the molecule is CCC(NCC1CN2CCCC2CO1)c1ccc(O)cc1. The van der Waals surface area contributed by atoms with Gasteiger partial charge in [0.15, 0.2) is 0 Å². The molecule has 2 aliphatic heterocycles. The summed E-state index contributed by atoms with van der Waals surface area (Å²) in [6, 6.07) is 8.49. The minimum Gasteiger partial charge on any atom is -0.508 e. The van der Waals surface area contributed by atoms with Gasteiger partial charge >= 0.3 is 0 Å². The first-order chi connectivity index (χ1) is 10.3. The normalized spacial score (nSPS) is 27.5. The number of ether oxygens (including phenoxy) is 1. The lowest BCUT2D eigenvalue weighted by Gasteiger charge is -2.36. The second-order valence-electron chi connectivity index (χ2n) is 6.21. The van der Waals surface area contributed by atoms with Crippen LogP contribution in [0.15, 0.2) is 24.3 Å². The Bertz CT molecular complexity index is 449. The van der Waals surface area contributed by atoms with Crippen molar-refractivity contribution in [2.45, 2.75) is 44.4 Å². The van der Waals surface area contributed by atoms with Gasteiger partial charge in [-0.2, -0.15) is 0 Å². The van der Waals surface area contributed by atoms with E-state index in [0.29, 0.717) is 23.9 Å². The highest BCUT2D eigenvalue weighted by Crippen LogP contribution is 2.23. The van der Waals surface area contributed by atoms with Gasteiger partial charge in [-0.1, -0.05) is 19.1 Å². The van der Waals surface area contributed by atoms with Crippen LogP contribution in [0.2, 0.25) is 0 Å². The fraction of sp³-hybridized carbons (Fsp3) is 0.647. The summed E-state index contributed by atoms with van der Waals surface area (Å²) < 4.78 is 6.00. The molecule has 3 atom stereocenters. The lowest BCUT2D eigenvalue weighted by atomic mass is 10.0. The van der Waals surface area contributed by atoms with Gasteiger partial charge in [-0.05, 0) is 43.5 Å². The Morgan fingerprint density at radius 1 is 1.38 bits per heavy atom. The van der Waals surface area contributed by atoms with E-state index in [1.807, 2.05) is 12.1 Å². The number of morpholine rings is 1. The van der Waals surface area contributed by atoms with E-state index in [1.165, 1.54) is 24.9 Å². The number of phenolic OH excluding ortho intramolecular Hbond substituents is 1. The number of hydrogen-bond donors (Lipinski definition) is 2. The first kappa shape index (κ1) is 14.8. The Labute approximate surface area is 127 Å². The van der Waals surface area contributed by atoms with Crippen LogP contribution in [-0.4, -0.2) is 48.4 Å². The molecule has 0 saturated carbocycles. The molecule has 0 amide bonds. The predicted octanol–water partition coefficient (Wildman–Crippen LogP) is 2.30. The molecule has 1 aromatic carbocycles. The van der Waals surface area contributed by atoms with Crippen molar-refractivity contribution in [3.8, 4) is 5.75 Å². The van der Waals surface area contributed by atoms with Gasteiger partial charge < -0.3 is 15.2 Å². The zero-order chi connectivity index (χ0) is 14.7. The van der Waals surface area contributed by atoms with Crippen molar-refractivity contribution < 1.29 is 9.84 Å². The third-order valence-electron chi connectivity index (χ3n) is 4.76. The van der Waals surface area contributed by atoms with Crippen LogP contribution in [0.4, 0.5) is 0 Å². The topological polar surface area (TPSA) is 44.7 Å². The average Bonchev–Trinajstić information content (AvgIpc) is 2.97. The first-order valence-corrected chi connectivity index (χ1v) is 8.14. The standard InChI is InChI=1S/C17H26N2O2/c1-2-17(13-5-7-15(20)8-6-13)18-10-16-11-19-9-3-4-14(19)12-21-16/h5-8,14,16-18,20H,2-4,9-12H2,1H3. The van der Waals surface area contributed by atoms with E-state index in [-0.39, 0.29) is 0 Å². The summed E-state index contributed by atoms with van der Waals surface area (Å²) in [5.74, 6) is 0.323. The number of aromatic hydroxyl groups is 1. The quantitative estimate of drug-likeness (QED) is 0.873. The highest BCUT2D eigenvalue weighted by molar-refractivity contribution is 5.27. The Kier molecular flexibility index (Phi) is 4.78. The number of phenols is 1. The maximum Gasteiger partial charge on any atom is 0.115 e. The van der Waals surface area contributed by atoms with E-state index in [4.69, 9.17) is 4.74 Å². The van der Waals surface area contributed by atoms with Crippen LogP contribution in [0.5, 0.6) is 5.75 Å². The summed E-state index contributed by atoms with van der Waals surface area (Å²) in [6.45, 7) is 6.26. The Balaban J connectivity index is 1.52. The summed E-state index contributed by atoms with van der Waals surface area (Å²) in [5, 5.41) is 13.0. The highest BCUT2D eigenvalue weighted by Gasteiger charge is 2.32. The molecule has 2 saturated heterocycles. The lowest BCUT2D eigenvalue weighted by Crippen LogP contribution is -2.49. The number of rotatable bonds is 5. The molecule has 2 heterocycles. The molecule has 0 spiro atoms. The maximum atomic E-state index is 9.39. The Morgan fingerprint density at radius 3 is 2.95 bits per heavy atom. The summed E-state index contributed by atoms with van der Waals surface area (Å²) in [5.41, 5.74) is 1.23. The lowest BCUT2D eigenvalue weighted by molar-refractivity contribution is -0.0479. The van der Waals surface area contributed by atoms with Crippen molar-refractivity contribution in [2.75, 3.05) is 26.2 Å². The number of hydrogen-bond acceptors (Lipinski definition) is 4. The molecule has 2 N–H and O–H groups in total. The fourth-order valence-electron chi connectivity index (χ4n) is 3.49. The molecular weight excluding hydrogens is 264 g/mol. The molecule has 4 heteroatoms. The molecule has 0 bridgehead atoms. The molecule has 2 aliphatic rings. The summed E-state index contributed by atoms with van der Waals surface area (Å²) >= 11 is 0. The van der Waals surface area contributed by atoms with Crippen molar-refractivity contribution in [3.63, 3.8) is 0 Å². The van der Waals surface area contributed by atoms with Crippen LogP contribution >= 0.6 is 0 Å². The van der Waals surface area contributed by atoms with Gasteiger partial charge in [0, 0.05) is 25.2 Å². The van der Waals surface area contributed by atoms with Crippen LogP contribution in [0.3, 0.4) is 0 Å². The molecule has 0 aromatic heterocycles. The zero-order valence-electron chi connectivity index (χ0n) is 12.8. The molecule has 0 aliphatic carbocycles. The minimum absolute atomic E-state index is 0.297. The Hall–Kier alpha value is -1.10. The molecular formula is C17H26N2O2. The summed E-state index contributed by atoms with van der Waals surface area (Å²) in [7, 11) is 0. The summed E-state index contributed by atoms with van der Waals surface area (Å²) in [4.78, 5) is 2.58. The van der Waals surface area contributed by atoms with Gasteiger partial charge in [0.05, 0.1) is 12.7 Å². The Morgan fingerprint density at radius 2 is 2.19 bits per heavy atom. The van der Waals surface area contributed by atoms with Crippen molar-refractivity contribution in [3.05, 3.63) is 29.8 Å². The smallest absolute Gasteiger partial charge is 0.115 e. The molecule has 2 fully saturated rings. The van der Waals surface area contributed by atoms with E-state index < -0.39 is 0 Å². The highest BCUT2D eigenvalue weighted by atomic mass is 16.5. The number of nitrogens with one attached hydrogen (secondary N) is 1.